The van der Waals surface area contributed by atoms with Gasteiger partial charge >= 0.3 is 12.2 Å². The molecule has 0 spiro atoms. The van der Waals surface area contributed by atoms with E-state index < -0.39 is 12.6 Å². The minimum atomic E-state index is -4.15. The molecule has 6 nitrogen and oxygen atoms in total. The molecule has 9 heteroatoms. The van der Waals surface area contributed by atoms with Crippen LogP contribution in [-0.4, -0.2) is 40.3 Å². The highest BCUT2D eigenvalue weighted by atomic mass is 19.4. The molecular weight excluding hydrogens is 287 g/mol. The molecule has 120 valence electrons. The zero-order chi connectivity index (χ0) is 15.9. The molecule has 1 aromatic heterocycles. The van der Waals surface area contributed by atoms with Crippen molar-refractivity contribution >= 4 is 11.9 Å². The van der Waals surface area contributed by atoms with Gasteiger partial charge in [0.15, 0.2) is 0 Å². The third-order valence-electron chi connectivity index (χ3n) is 2.21. The van der Waals surface area contributed by atoms with Crippen molar-refractivity contribution in [2.45, 2.75) is 45.9 Å². The molecule has 2 N–H and O–H groups in total. The number of nitrogens with zero attached hydrogens (tertiary/aromatic N) is 3. The van der Waals surface area contributed by atoms with Crippen molar-refractivity contribution in [3.05, 3.63) is 0 Å². The van der Waals surface area contributed by atoms with Crippen molar-refractivity contribution in [2.75, 3.05) is 23.7 Å². The van der Waals surface area contributed by atoms with E-state index in [1.165, 1.54) is 0 Å². The van der Waals surface area contributed by atoms with Gasteiger partial charge in [0.05, 0.1) is 6.10 Å². The molecule has 1 aromatic rings. The topological polar surface area (TPSA) is 72.0 Å². The second-order valence-corrected chi connectivity index (χ2v) is 4.61. The third kappa shape index (κ3) is 7.52. The summed E-state index contributed by atoms with van der Waals surface area (Å²) in [6.45, 7) is 6.26. The van der Waals surface area contributed by atoms with Crippen LogP contribution < -0.4 is 15.4 Å². The maximum Gasteiger partial charge on any atom is 0.389 e. The molecule has 0 saturated heterocycles. The lowest BCUT2D eigenvalue weighted by Gasteiger charge is -2.12. The molecule has 0 aliphatic heterocycles. The maximum atomic E-state index is 12.1. The third-order valence-corrected chi connectivity index (χ3v) is 2.21. The summed E-state index contributed by atoms with van der Waals surface area (Å²) in [6.07, 6.45) is -5.16. The van der Waals surface area contributed by atoms with E-state index in [0.717, 1.165) is 0 Å². The highest BCUT2D eigenvalue weighted by Crippen LogP contribution is 2.21. The van der Waals surface area contributed by atoms with E-state index in [9.17, 15) is 13.2 Å². The van der Waals surface area contributed by atoms with E-state index >= 15 is 0 Å². The van der Waals surface area contributed by atoms with Gasteiger partial charge in [0.2, 0.25) is 11.9 Å². The van der Waals surface area contributed by atoms with Crippen LogP contribution in [0, 0.1) is 0 Å². The highest BCUT2D eigenvalue weighted by molar-refractivity contribution is 5.35. The molecular formula is C12H20F3N5O. The van der Waals surface area contributed by atoms with Crippen LogP contribution >= 0.6 is 0 Å². The molecule has 0 unspecified atom stereocenters. The van der Waals surface area contributed by atoms with Gasteiger partial charge in [0.25, 0.3) is 0 Å². The highest BCUT2D eigenvalue weighted by Gasteiger charge is 2.25. The van der Waals surface area contributed by atoms with Crippen molar-refractivity contribution in [2.24, 2.45) is 0 Å². The van der Waals surface area contributed by atoms with Gasteiger partial charge in [-0.3, -0.25) is 0 Å². The van der Waals surface area contributed by atoms with Crippen molar-refractivity contribution in [1.82, 2.24) is 15.0 Å². The van der Waals surface area contributed by atoms with E-state index in [-0.39, 0.29) is 31.0 Å². The number of halogens is 3. The molecule has 0 fully saturated rings. The van der Waals surface area contributed by atoms with Crippen LogP contribution in [0.1, 0.15) is 33.6 Å². The van der Waals surface area contributed by atoms with Crippen molar-refractivity contribution < 1.29 is 17.9 Å². The predicted octanol–water partition coefficient (Wildman–Crippen LogP) is 2.85. The Morgan fingerprint density at radius 2 is 1.71 bits per heavy atom. The molecule has 0 aliphatic rings. The first-order chi connectivity index (χ1) is 9.80. The number of aromatic nitrogens is 3. The Kier molecular flexibility index (Phi) is 6.44. The average molecular weight is 307 g/mol. The fraction of sp³-hybridized carbons (Fsp3) is 0.750. The molecule has 21 heavy (non-hydrogen) atoms. The quantitative estimate of drug-likeness (QED) is 0.720. The smallest absolute Gasteiger partial charge is 0.389 e. The Labute approximate surface area is 121 Å². The molecule has 0 radical (unpaired) electrons. The fourth-order valence-electron chi connectivity index (χ4n) is 1.43. The second kappa shape index (κ2) is 7.84. The number of ether oxygens (including phenoxy) is 1. The Balaban J connectivity index is 2.64. The second-order valence-electron chi connectivity index (χ2n) is 4.61. The number of nitrogens with one attached hydrogen (secondary N) is 2. The lowest BCUT2D eigenvalue weighted by molar-refractivity contribution is -0.134. The molecule has 1 heterocycles. The Bertz CT molecular complexity index is 439. The lowest BCUT2D eigenvalue weighted by atomic mass is 10.3. The van der Waals surface area contributed by atoms with Crippen LogP contribution in [0.4, 0.5) is 25.1 Å². The largest absolute Gasteiger partial charge is 0.461 e. The van der Waals surface area contributed by atoms with Crippen LogP contribution in [0.3, 0.4) is 0 Å². The summed E-state index contributed by atoms with van der Waals surface area (Å²) in [4.78, 5) is 12.1. The number of hydrogen-bond donors (Lipinski definition) is 2. The van der Waals surface area contributed by atoms with Crippen LogP contribution in [-0.2, 0) is 0 Å². The molecule has 0 amide bonds. The van der Waals surface area contributed by atoms with Crippen molar-refractivity contribution in [3.8, 4) is 6.01 Å². The van der Waals surface area contributed by atoms with Crippen molar-refractivity contribution in [3.63, 3.8) is 0 Å². The molecule has 0 saturated carbocycles. The fourth-order valence-corrected chi connectivity index (χ4v) is 1.43. The summed E-state index contributed by atoms with van der Waals surface area (Å²) in [7, 11) is 0. The monoisotopic (exact) mass is 307 g/mol. The molecule has 1 rings (SSSR count). The Morgan fingerprint density at radius 1 is 1.10 bits per heavy atom. The number of anilines is 2. The zero-order valence-corrected chi connectivity index (χ0v) is 12.3. The van der Waals surface area contributed by atoms with Crippen LogP contribution in [0.5, 0.6) is 6.01 Å². The van der Waals surface area contributed by atoms with Crippen LogP contribution in [0.2, 0.25) is 0 Å². The minimum absolute atomic E-state index is 0.0495. The average Bonchev–Trinajstić information content (AvgIpc) is 2.33. The number of alkyl halides is 3. The first-order valence-corrected chi connectivity index (χ1v) is 6.77. The van der Waals surface area contributed by atoms with Crippen molar-refractivity contribution in [1.29, 1.82) is 0 Å². The number of rotatable bonds is 8. The van der Waals surface area contributed by atoms with Gasteiger partial charge in [-0.1, -0.05) is 0 Å². The van der Waals surface area contributed by atoms with Gasteiger partial charge in [0.1, 0.15) is 0 Å². The SMILES string of the molecule is CCNc1nc(NCCCC(F)(F)F)nc(OC(C)C)n1. The standard InChI is InChI=1S/C12H20F3N5O/c1-4-16-9-18-10(17-7-5-6-12(13,14)15)20-11(19-9)21-8(2)3/h8H,4-7H2,1-3H3,(H2,16,17,18,19,20). The Hall–Kier alpha value is -1.80. The van der Waals surface area contributed by atoms with Gasteiger partial charge in [-0.05, 0) is 27.2 Å². The molecule has 0 bridgehead atoms. The maximum absolute atomic E-state index is 12.1. The van der Waals surface area contributed by atoms with E-state index in [2.05, 4.69) is 25.6 Å². The normalized spacial score (nSPS) is 11.6. The van der Waals surface area contributed by atoms with Crippen LogP contribution in [0.15, 0.2) is 0 Å². The summed E-state index contributed by atoms with van der Waals surface area (Å²) in [5, 5.41) is 5.66. The lowest BCUT2D eigenvalue weighted by Crippen LogP contribution is -2.15. The van der Waals surface area contributed by atoms with E-state index in [1.807, 2.05) is 20.8 Å². The van der Waals surface area contributed by atoms with Gasteiger partial charge in [-0.15, -0.1) is 0 Å². The first-order valence-electron chi connectivity index (χ1n) is 6.77. The Morgan fingerprint density at radius 3 is 2.24 bits per heavy atom. The van der Waals surface area contributed by atoms with E-state index in [4.69, 9.17) is 4.74 Å². The summed E-state index contributed by atoms with van der Waals surface area (Å²) in [5.74, 6) is 0.514. The zero-order valence-electron chi connectivity index (χ0n) is 12.3. The molecule has 0 aromatic carbocycles. The summed E-state index contributed by atoms with van der Waals surface area (Å²) in [6, 6.07) is 0.134. The summed E-state index contributed by atoms with van der Waals surface area (Å²) >= 11 is 0. The van der Waals surface area contributed by atoms with Crippen LogP contribution in [0.25, 0.3) is 0 Å². The van der Waals surface area contributed by atoms with Gasteiger partial charge < -0.3 is 15.4 Å². The van der Waals surface area contributed by atoms with E-state index in [0.29, 0.717) is 12.5 Å². The minimum Gasteiger partial charge on any atom is -0.461 e. The van der Waals surface area contributed by atoms with Gasteiger partial charge in [-0.2, -0.15) is 28.1 Å². The van der Waals surface area contributed by atoms with Gasteiger partial charge in [0, 0.05) is 19.5 Å². The summed E-state index contributed by atoms with van der Waals surface area (Å²) < 4.78 is 41.5. The predicted molar refractivity (Wildman–Crippen MR) is 73.5 cm³/mol. The molecule has 0 atom stereocenters. The van der Waals surface area contributed by atoms with Gasteiger partial charge in [-0.25, -0.2) is 0 Å². The van der Waals surface area contributed by atoms with E-state index in [1.54, 1.807) is 0 Å². The first kappa shape index (κ1) is 17.3. The molecule has 0 aliphatic carbocycles. The number of hydrogen-bond acceptors (Lipinski definition) is 6. The summed E-state index contributed by atoms with van der Waals surface area (Å²) in [5.41, 5.74) is 0.